The summed E-state index contributed by atoms with van der Waals surface area (Å²) in [6, 6.07) is 4.90. The minimum absolute atomic E-state index is 0.0739. The fraction of sp³-hybridized carbons (Fsp3) is 0.667. The minimum Gasteiger partial charge on any atom is -0.497 e. The number of likely N-dealkylation sites (tertiary alicyclic amines) is 2. The second-order valence-electron chi connectivity index (χ2n) is 7.88. The molecule has 9 heteroatoms. The lowest BCUT2D eigenvalue weighted by Gasteiger charge is -2.45. The summed E-state index contributed by atoms with van der Waals surface area (Å²) in [6.07, 6.45) is 3.61. The number of methoxy groups -OCH3 is 2. The van der Waals surface area contributed by atoms with Crippen molar-refractivity contribution in [2.45, 2.75) is 32.2 Å². The van der Waals surface area contributed by atoms with Gasteiger partial charge in [0.05, 0.1) is 26.0 Å². The van der Waals surface area contributed by atoms with E-state index in [0.717, 1.165) is 19.6 Å². The Morgan fingerprint density at radius 2 is 1.67 bits per heavy atom. The summed E-state index contributed by atoms with van der Waals surface area (Å²) in [6.45, 7) is 5.77. The van der Waals surface area contributed by atoms with Gasteiger partial charge in [-0.25, -0.2) is 8.42 Å². The number of hydrogen-bond donors (Lipinski definition) is 0. The average Bonchev–Trinajstić information content (AvgIpc) is 2.74. The van der Waals surface area contributed by atoms with Crippen molar-refractivity contribution in [1.82, 2.24) is 14.1 Å². The third kappa shape index (κ3) is 5.25. The number of carbonyl (C=O) groups excluding carboxylic acids is 1. The van der Waals surface area contributed by atoms with Gasteiger partial charge >= 0.3 is 0 Å². The number of benzene rings is 1. The van der Waals surface area contributed by atoms with E-state index in [9.17, 15) is 13.2 Å². The van der Waals surface area contributed by atoms with Crippen LogP contribution in [0.15, 0.2) is 18.2 Å². The molecular formula is C21H33N3O5S. The van der Waals surface area contributed by atoms with Gasteiger partial charge in [-0.3, -0.25) is 4.79 Å². The van der Waals surface area contributed by atoms with E-state index in [0.29, 0.717) is 36.7 Å². The summed E-state index contributed by atoms with van der Waals surface area (Å²) in [7, 11) is -0.247. The van der Waals surface area contributed by atoms with Crippen LogP contribution >= 0.6 is 0 Å². The molecule has 2 aliphatic rings. The van der Waals surface area contributed by atoms with Crippen LogP contribution in [-0.4, -0.2) is 93.7 Å². The van der Waals surface area contributed by atoms with Gasteiger partial charge in [0, 0.05) is 37.8 Å². The van der Waals surface area contributed by atoms with Crippen molar-refractivity contribution in [2.24, 2.45) is 0 Å². The summed E-state index contributed by atoms with van der Waals surface area (Å²) < 4.78 is 37.5. The smallest absolute Gasteiger partial charge is 0.254 e. The van der Waals surface area contributed by atoms with Crippen molar-refractivity contribution >= 4 is 15.9 Å². The lowest BCUT2D eigenvalue weighted by Crippen LogP contribution is -2.63. The third-order valence-electron chi connectivity index (χ3n) is 5.96. The molecule has 2 aliphatic heterocycles. The van der Waals surface area contributed by atoms with Crippen molar-refractivity contribution in [1.29, 1.82) is 0 Å². The maximum Gasteiger partial charge on any atom is 0.254 e. The lowest BCUT2D eigenvalue weighted by molar-refractivity contribution is 0.0435. The first kappa shape index (κ1) is 22.8. The molecule has 30 heavy (non-hydrogen) atoms. The molecule has 0 atom stereocenters. The summed E-state index contributed by atoms with van der Waals surface area (Å²) >= 11 is 0. The van der Waals surface area contributed by atoms with Gasteiger partial charge in [-0.2, -0.15) is 4.31 Å². The molecule has 2 saturated heterocycles. The molecule has 8 nitrogen and oxygen atoms in total. The van der Waals surface area contributed by atoms with Crippen LogP contribution in [0.2, 0.25) is 0 Å². The Labute approximate surface area is 179 Å². The maximum atomic E-state index is 12.9. The highest BCUT2D eigenvalue weighted by Gasteiger charge is 2.40. The number of rotatable bonds is 9. The number of hydrogen-bond acceptors (Lipinski definition) is 6. The molecular weight excluding hydrogens is 406 g/mol. The summed E-state index contributed by atoms with van der Waals surface area (Å²) in [5.74, 6) is 1.02. The van der Waals surface area contributed by atoms with E-state index in [1.165, 1.54) is 19.3 Å². The average molecular weight is 440 g/mol. The van der Waals surface area contributed by atoms with E-state index in [1.807, 2.05) is 0 Å². The maximum absolute atomic E-state index is 12.9. The van der Waals surface area contributed by atoms with Crippen molar-refractivity contribution in [3.8, 4) is 11.5 Å². The predicted octanol–water partition coefficient (Wildman–Crippen LogP) is 1.67. The second-order valence-corrected chi connectivity index (χ2v) is 10.1. The van der Waals surface area contributed by atoms with Crippen LogP contribution in [0, 0.1) is 0 Å². The summed E-state index contributed by atoms with van der Waals surface area (Å²) in [4.78, 5) is 16.9. The van der Waals surface area contributed by atoms with E-state index >= 15 is 0 Å². The van der Waals surface area contributed by atoms with Gasteiger partial charge in [0.2, 0.25) is 10.0 Å². The Balaban J connectivity index is 1.64. The summed E-state index contributed by atoms with van der Waals surface area (Å²) in [5.41, 5.74) is 0.475. The molecule has 168 valence electrons. The van der Waals surface area contributed by atoms with Crippen molar-refractivity contribution < 1.29 is 22.7 Å². The topological polar surface area (TPSA) is 79.4 Å². The van der Waals surface area contributed by atoms with Crippen LogP contribution in [0.1, 0.15) is 36.5 Å². The van der Waals surface area contributed by atoms with Gasteiger partial charge in [-0.15, -0.1) is 0 Å². The molecule has 0 radical (unpaired) electrons. The van der Waals surface area contributed by atoms with Crippen LogP contribution < -0.4 is 9.47 Å². The first-order valence-corrected chi connectivity index (χ1v) is 12.2. The van der Waals surface area contributed by atoms with Crippen LogP contribution in [-0.2, 0) is 10.0 Å². The highest BCUT2D eigenvalue weighted by Crippen LogP contribution is 2.26. The molecule has 1 aromatic carbocycles. The largest absolute Gasteiger partial charge is 0.497 e. The van der Waals surface area contributed by atoms with E-state index in [-0.39, 0.29) is 17.7 Å². The Morgan fingerprint density at radius 1 is 1.07 bits per heavy atom. The standard InChI is InChI=1S/C21H33N3O5S/c1-4-30(26,27)24(11-10-22-8-6-5-7-9-22)18-15-23(16-18)21(25)17-12-19(28-2)14-20(13-17)29-3/h12-14,18H,4-11,15-16H2,1-3H3. The number of amides is 1. The van der Waals surface area contributed by atoms with E-state index in [1.54, 1.807) is 48.5 Å². The second kappa shape index (κ2) is 9.98. The number of piperidine rings is 1. The van der Waals surface area contributed by atoms with Crippen molar-refractivity contribution in [3.05, 3.63) is 23.8 Å². The van der Waals surface area contributed by atoms with Crippen molar-refractivity contribution in [2.75, 3.05) is 59.2 Å². The van der Waals surface area contributed by atoms with E-state index in [2.05, 4.69) is 4.90 Å². The molecule has 1 aromatic rings. The summed E-state index contributed by atoms with van der Waals surface area (Å²) in [5, 5.41) is 0. The first-order chi connectivity index (χ1) is 14.4. The number of ether oxygens (including phenoxy) is 2. The van der Waals surface area contributed by atoms with E-state index in [4.69, 9.17) is 9.47 Å². The monoisotopic (exact) mass is 439 g/mol. The molecule has 2 fully saturated rings. The fourth-order valence-corrected chi connectivity index (χ4v) is 5.33. The number of carbonyl (C=O) groups is 1. The highest BCUT2D eigenvalue weighted by molar-refractivity contribution is 7.89. The van der Waals surface area contributed by atoms with Crippen molar-refractivity contribution in [3.63, 3.8) is 0 Å². The molecule has 0 N–H and O–H groups in total. The van der Waals surface area contributed by atoms with Crippen LogP contribution in [0.4, 0.5) is 0 Å². The quantitative estimate of drug-likeness (QED) is 0.582. The Kier molecular flexibility index (Phi) is 7.60. The first-order valence-electron chi connectivity index (χ1n) is 10.6. The van der Waals surface area contributed by atoms with E-state index < -0.39 is 10.0 Å². The highest BCUT2D eigenvalue weighted by atomic mass is 32.2. The molecule has 0 saturated carbocycles. The van der Waals surface area contributed by atoms with Gasteiger partial charge in [-0.05, 0) is 45.0 Å². The number of nitrogens with zero attached hydrogens (tertiary/aromatic N) is 3. The minimum atomic E-state index is -3.33. The zero-order valence-corrected chi connectivity index (χ0v) is 19.0. The normalized spacial score (nSPS) is 18.3. The third-order valence-corrected chi connectivity index (χ3v) is 7.89. The van der Waals surface area contributed by atoms with Gasteiger partial charge in [0.15, 0.2) is 0 Å². The molecule has 0 aliphatic carbocycles. The molecule has 0 aromatic heterocycles. The fourth-order valence-electron chi connectivity index (χ4n) is 4.05. The predicted molar refractivity (Wildman–Crippen MR) is 116 cm³/mol. The Hall–Kier alpha value is -1.84. The van der Waals surface area contributed by atoms with Crippen LogP contribution in [0.25, 0.3) is 0 Å². The molecule has 0 bridgehead atoms. The van der Waals surface area contributed by atoms with Crippen LogP contribution in [0.3, 0.4) is 0 Å². The molecule has 3 rings (SSSR count). The molecule has 2 heterocycles. The Bertz CT molecular complexity index is 811. The van der Waals surface area contributed by atoms with Crippen LogP contribution in [0.5, 0.6) is 11.5 Å². The van der Waals surface area contributed by atoms with Gasteiger partial charge in [0.25, 0.3) is 5.91 Å². The number of sulfonamides is 1. The Morgan fingerprint density at radius 3 is 2.20 bits per heavy atom. The lowest BCUT2D eigenvalue weighted by atomic mass is 10.1. The molecule has 0 unspecified atom stereocenters. The zero-order chi connectivity index (χ0) is 21.7. The van der Waals surface area contributed by atoms with Gasteiger partial charge < -0.3 is 19.3 Å². The van der Waals surface area contributed by atoms with Gasteiger partial charge in [-0.1, -0.05) is 6.42 Å². The van der Waals surface area contributed by atoms with Gasteiger partial charge in [0.1, 0.15) is 11.5 Å². The SMILES string of the molecule is CCS(=O)(=O)N(CCN1CCCCC1)C1CN(C(=O)c2cc(OC)cc(OC)c2)C1. The zero-order valence-electron chi connectivity index (χ0n) is 18.2. The molecule has 1 amide bonds. The molecule has 0 spiro atoms.